The smallest absolute Gasteiger partial charge is 0.379 e. The van der Waals surface area contributed by atoms with Crippen molar-refractivity contribution in [3.63, 3.8) is 0 Å². The van der Waals surface area contributed by atoms with Gasteiger partial charge in [0.05, 0.1) is 31.9 Å². The topological polar surface area (TPSA) is 49.3 Å². The molecule has 0 aliphatic carbocycles. The Kier molecular flexibility index (Phi) is 10.8. The molecule has 0 amide bonds. The van der Waals surface area contributed by atoms with Crippen LogP contribution in [0.4, 0.5) is 13.2 Å². The first-order valence-electron chi connectivity index (χ1n) is 10.6. The lowest BCUT2D eigenvalue weighted by Gasteiger charge is -2.35. The van der Waals surface area contributed by atoms with Gasteiger partial charge in [0, 0.05) is 39.3 Å². The van der Waals surface area contributed by atoms with E-state index in [-0.39, 0.29) is 24.0 Å². The molecule has 0 saturated carbocycles. The second kappa shape index (κ2) is 12.8. The molecule has 10 heteroatoms. The lowest BCUT2D eigenvalue weighted by molar-refractivity contribution is -0.137. The number of alkyl halides is 3. The molecular weight excluding hydrogens is 524 g/mol. The highest BCUT2D eigenvalue weighted by Crippen LogP contribution is 2.32. The van der Waals surface area contributed by atoms with Gasteiger partial charge in [0.1, 0.15) is 6.10 Å². The molecule has 2 saturated heterocycles. The molecule has 2 aliphatic rings. The standard InChI is InChI=1S/C21H31F3N4O2.HI/c1-2-25-20(26-7-4-8-27-9-12-29-13-10-27)28-11-14-30-19(16-28)17-5-3-6-18(15-17)21(22,23)24;/h3,5-6,15,19H,2,4,7-14,16H2,1H3,(H,25,26);1H. The van der Waals surface area contributed by atoms with Gasteiger partial charge in [-0.25, -0.2) is 0 Å². The van der Waals surface area contributed by atoms with Crippen LogP contribution in [0.2, 0.25) is 0 Å². The van der Waals surface area contributed by atoms with Gasteiger partial charge in [0.2, 0.25) is 0 Å². The van der Waals surface area contributed by atoms with Gasteiger partial charge in [0.15, 0.2) is 5.96 Å². The van der Waals surface area contributed by atoms with E-state index >= 15 is 0 Å². The highest BCUT2D eigenvalue weighted by Gasteiger charge is 2.32. The summed E-state index contributed by atoms with van der Waals surface area (Å²) in [5.41, 5.74) is -0.109. The molecule has 1 atom stereocenters. The quantitative estimate of drug-likeness (QED) is 0.252. The van der Waals surface area contributed by atoms with Gasteiger partial charge < -0.3 is 19.7 Å². The Balaban J connectivity index is 0.00000341. The van der Waals surface area contributed by atoms with Crippen molar-refractivity contribution in [1.82, 2.24) is 15.1 Å². The lowest BCUT2D eigenvalue weighted by Crippen LogP contribution is -2.48. The number of benzene rings is 1. The summed E-state index contributed by atoms with van der Waals surface area (Å²) in [6.45, 7) is 9.50. The van der Waals surface area contributed by atoms with Gasteiger partial charge >= 0.3 is 6.18 Å². The number of morpholine rings is 2. The number of hydrogen-bond acceptors (Lipinski definition) is 4. The molecule has 2 fully saturated rings. The minimum Gasteiger partial charge on any atom is -0.379 e. The van der Waals surface area contributed by atoms with Crippen molar-refractivity contribution >= 4 is 29.9 Å². The second-order valence-corrected chi connectivity index (χ2v) is 7.47. The number of hydrogen-bond donors (Lipinski definition) is 1. The number of aliphatic imine (C=N–C) groups is 1. The number of ether oxygens (including phenoxy) is 2. The highest BCUT2D eigenvalue weighted by molar-refractivity contribution is 14.0. The van der Waals surface area contributed by atoms with Crippen LogP contribution < -0.4 is 5.32 Å². The lowest BCUT2D eigenvalue weighted by atomic mass is 10.0. The number of halogens is 4. The first-order valence-corrected chi connectivity index (χ1v) is 10.6. The van der Waals surface area contributed by atoms with Gasteiger partial charge in [0.25, 0.3) is 0 Å². The van der Waals surface area contributed by atoms with Crippen LogP contribution in [0.15, 0.2) is 29.3 Å². The van der Waals surface area contributed by atoms with Crippen LogP contribution in [0.5, 0.6) is 0 Å². The van der Waals surface area contributed by atoms with Crippen molar-refractivity contribution < 1.29 is 22.6 Å². The fraction of sp³-hybridized carbons (Fsp3) is 0.667. The molecule has 1 aromatic carbocycles. The van der Waals surface area contributed by atoms with E-state index < -0.39 is 17.8 Å². The van der Waals surface area contributed by atoms with Gasteiger partial charge in [-0.3, -0.25) is 9.89 Å². The number of guanidine groups is 1. The molecule has 6 nitrogen and oxygen atoms in total. The Labute approximate surface area is 199 Å². The summed E-state index contributed by atoms with van der Waals surface area (Å²) in [4.78, 5) is 9.20. The summed E-state index contributed by atoms with van der Waals surface area (Å²) in [5, 5.41) is 3.31. The molecule has 176 valence electrons. The molecule has 1 aromatic rings. The maximum atomic E-state index is 13.1. The van der Waals surface area contributed by atoms with Gasteiger partial charge in [-0.05, 0) is 31.0 Å². The van der Waals surface area contributed by atoms with Crippen molar-refractivity contribution in [1.29, 1.82) is 0 Å². The third kappa shape index (κ3) is 8.07. The largest absolute Gasteiger partial charge is 0.416 e. The summed E-state index contributed by atoms with van der Waals surface area (Å²) in [6, 6.07) is 5.39. The third-order valence-electron chi connectivity index (χ3n) is 5.28. The Morgan fingerprint density at radius 2 is 1.97 bits per heavy atom. The minimum atomic E-state index is -4.36. The van der Waals surface area contributed by atoms with E-state index in [4.69, 9.17) is 14.5 Å². The zero-order valence-corrected chi connectivity index (χ0v) is 20.2. The molecule has 0 aromatic heterocycles. The molecule has 1 N–H and O–H groups in total. The van der Waals surface area contributed by atoms with Crippen molar-refractivity contribution in [2.45, 2.75) is 25.6 Å². The Bertz CT molecular complexity index is 699. The molecule has 3 rings (SSSR count). The summed E-state index contributed by atoms with van der Waals surface area (Å²) >= 11 is 0. The fourth-order valence-electron chi connectivity index (χ4n) is 3.69. The van der Waals surface area contributed by atoms with E-state index in [9.17, 15) is 13.2 Å². The molecular formula is C21H32F3IN4O2. The maximum Gasteiger partial charge on any atom is 0.416 e. The van der Waals surface area contributed by atoms with E-state index in [1.807, 2.05) is 6.92 Å². The molecule has 0 spiro atoms. The third-order valence-corrected chi connectivity index (χ3v) is 5.28. The fourth-order valence-corrected chi connectivity index (χ4v) is 3.69. The molecule has 2 aliphatic heterocycles. The molecule has 0 bridgehead atoms. The van der Waals surface area contributed by atoms with Crippen molar-refractivity contribution in [3.8, 4) is 0 Å². The average molecular weight is 556 g/mol. The van der Waals surface area contributed by atoms with Crippen molar-refractivity contribution in [2.75, 3.05) is 65.6 Å². The molecule has 1 unspecified atom stereocenters. The first-order chi connectivity index (χ1) is 14.5. The van der Waals surface area contributed by atoms with Crippen LogP contribution >= 0.6 is 24.0 Å². The van der Waals surface area contributed by atoms with E-state index in [0.29, 0.717) is 31.8 Å². The zero-order chi connectivity index (χ0) is 21.4. The van der Waals surface area contributed by atoms with Crippen LogP contribution in [-0.2, 0) is 15.7 Å². The van der Waals surface area contributed by atoms with Gasteiger partial charge in [-0.1, -0.05) is 12.1 Å². The van der Waals surface area contributed by atoms with Gasteiger partial charge in [-0.2, -0.15) is 13.2 Å². The summed E-state index contributed by atoms with van der Waals surface area (Å²) < 4.78 is 50.3. The summed E-state index contributed by atoms with van der Waals surface area (Å²) in [5.74, 6) is 0.791. The maximum absolute atomic E-state index is 13.1. The SMILES string of the molecule is CCNC(=NCCCN1CCOCC1)N1CCOC(c2cccc(C(F)(F)F)c2)C1.I. The predicted octanol–water partition coefficient (Wildman–Crippen LogP) is 3.38. The Morgan fingerprint density at radius 1 is 1.19 bits per heavy atom. The number of rotatable bonds is 6. The summed E-state index contributed by atoms with van der Waals surface area (Å²) in [7, 11) is 0. The van der Waals surface area contributed by atoms with Gasteiger partial charge in [-0.15, -0.1) is 24.0 Å². The zero-order valence-electron chi connectivity index (χ0n) is 17.9. The van der Waals surface area contributed by atoms with Crippen LogP contribution in [0, 0.1) is 0 Å². The first kappa shape index (κ1) is 26.1. The molecule has 2 heterocycles. The van der Waals surface area contributed by atoms with Crippen LogP contribution in [0.1, 0.15) is 30.6 Å². The van der Waals surface area contributed by atoms with E-state index in [1.165, 1.54) is 12.1 Å². The van der Waals surface area contributed by atoms with Crippen molar-refractivity contribution in [3.05, 3.63) is 35.4 Å². The van der Waals surface area contributed by atoms with Crippen LogP contribution in [0.25, 0.3) is 0 Å². The van der Waals surface area contributed by atoms with Crippen molar-refractivity contribution in [2.24, 2.45) is 4.99 Å². The molecule has 0 radical (unpaired) electrons. The van der Waals surface area contributed by atoms with E-state index in [2.05, 4.69) is 15.1 Å². The summed E-state index contributed by atoms with van der Waals surface area (Å²) in [6.07, 6.45) is -3.82. The number of nitrogens with one attached hydrogen (secondary N) is 1. The molecule has 31 heavy (non-hydrogen) atoms. The number of nitrogens with zero attached hydrogens (tertiary/aromatic N) is 3. The van der Waals surface area contributed by atoms with E-state index in [0.717, 1.165) is 57.8 Å². The monoisotopic (exact) mass is 556 g/mol. The van der Waals surface area contributed by atoms with Crippen LogP contribution in [0.3, 0.4) is 0 Å². The Hall–Kier alpha value is -1.11. The minimum absolute atomic E-state index is 0. The highest BCUT2D eigenvalue weighted by atomic mass is 127. The normalized spacial score (nSPS) is 21.0. The van der Waals surface area contributed by atoms with Crippen LogP contribution in [-0.4, -0.2) is 81.4 Å². The predicted molar refractivity (Wildman–Crippen MR) is 125 cm³/mol. The second-order valence-electron chi connectivity index (χ2n) is 7.47. The Morgan fingerprint density at radius 3 is 2.68 bits per heavy atom. The van der Waals surface area contributed by atoms with E-state index in [1.54, 1.807) is 6.07 Å². The average Bonchev–Trinajstić information content (AvgIpc) is 2.76.